The molecule has 0 fully saturated rings. The Morgan fingerprint density at radius 2 is 1.74 bits per heavy atom. The molecule has 1 heterocycles. The minimum Gasteiger partial charge on any atom is -0.456 e. The van der Waals surface area contributed by atoms with Gasteiger partial charge in [0.2, 0.25) is 0 Å². The van der Waals surface area contributed by atoms with Crippen LogP contribution >= 0.6 is 15.9 Å². The number of carbonyl (C=O) groups is 3. The van der Waals surface area contributed by atoms with Crippen LogP contribution in [0.4, 0.5) is 5.69 Å². The lowest BCUT2D eigenvalue weighted by atomic mass is 10.0. The van der Waals surface area contributed by atoms with Crippen LogP contribution in [0.15, 0.2) is 53.0 Å². The molecule has 0 saturated carbocycles. The van der Waals surface area contributed by atoms with Gasteiger partial charge in [0.1, 0.15) is 0 Å². The molecule has 0 saturated heterocycles. The number of hydrogen-bond acceptors (Lipinski definition) is 4. The summed E-state index contributed by atoms with van der Waals surface area (Å²) < 4.78 is 5.97. The number of rotatable bonds is 6. The normalized spacial score (nSPS) is 13.0. The Kier molecular flexibility index (Phi) is 6.40. The molecule has 5 nitrogen and oxygen atoms in total. The lowest BCUT2D eigenvalue weighted by Gasteiger charge is -2.29. The number of carbonyl (C=O) groups excluding carboxylic acids is 3. The van der Waals surface area contributed by atoms with E-state index < -0.39 is 5.97 Å². The van der Waals surface area contributed by atoms with Gasteiger partial charge in [-0.25, -0.2) is 0 Å². The number of Topliss-reactive ketones (excluding diaryl/α,β-unsaturated/α-hetero) is 1. The highest BCUT2D eigenvalue weighted by Crippen LogP contribution is 2.26. The summed E-state index contributed by atoms with van der Waals surface area (Å²) in [6.45, 7) is 0.315. The largest absolute Gasteiger partial charge is 0.456 e. The smallest absolute Gasteiger partial charge is 0.306 e. The Bertz CT molecular complexity index is 848. The van der Waals surface area contributed by atoms with Crippen molar-refractivity contribution in [1.82, 2.24) is 0 Å². The molecule has 2 aromatic carbocycles. The number of para-hydroxylation sites is 1. The summed E-state index contributed by atoms with van der Waals surface area (Å²) in [4.78, 5) is 38.1. The molecule has 0 aromatic heterocycles. The van der Waals surface area contributed by atoms with Crippen LogP contribution in [0.25, 0.3) is 0 Å². The van der Waals surface area contributed by atoms with Crippen molar-refractivity contribution in [3.8, 4) is 0 Å². The van der Waals surface area contributed by atoms with E-state index in [9.17, 15) is 14.4 Å². The first-order chi connectivity index (χ1) is 13.0. The third-order valence-corrected chi connectivity index (χ3v) is 5.02. The fourth-order valence-electron chi connectivity index (χ4n) is 3.08. The van der Waals surface area contributed by atoms with Crippen molar-refractivity contribution < 1.29 is 19.1 Å². The second-order valence-corrected chi connectivity index (χ2v) is 7.28. The van der Waals surface area contributed by atoms with Crippen LogP contribution in [-0.4, -0.2) is 30.8 Å². The number of esters is 1. The zero-order valence-corrected chi connectivity index (χ0v) is 16.4. The molecule has 1 aliphatic heterocycles. The van der Waals surface area contributed by atoms with E-state index in [0.29, 0.717) is 12.1 Å². The van der Waals surface area contributed by atoms with Crippen molar-refractivity contribution in [3.63, 3.8) is 0 Å². The monoisotopic (exact) mass is 429 g/mol. The van der Waals surface area contributed by atoms with Crippen molar-refractivity contribution in [2.45, 2.75) is 25.7 Å². The Labute approximate surface area is 166 Å². The summed E-state index contributed by atoms with van der Waals surface area (Å²) >= 11 is 3.31. The molecule has 0 bridgehead atoms. The molecular weight excluding hydrogens is 410 g/mol. The van der Waals surface area contributed by atoms with Gasteiger partial charge in [0.05, 0.1) is 6.42 Å². The minimum atomic E-state index is -0.542. The van der Waals surface area contributed by atoms with Gasteiger partial charge >= 0.3 is 5.97 Å². The maximum absolute atomic E-state index is 12.4. The van der Waals surface area contributed by atoms with Gasteiger partial charge in [0.15, 0.2) is 12.4 Å². The van der Waals surface area contributed by atoms with Gasteiger partial charge in [0, 0.05) is 28.7 Å². The number of fused-ring (bicyclic) bond motifs is 1. The fraction of sp³-hybridized carbons (Fsp3) is 0.286. The van der Waals surface area contributed by atoms with Crippen LogP contribution in [-0.2, 0) is 20.7 Å². The summed E-state index contributed by atoms with van der Waals surface area (Å²) in [5, 5.41) is 0. The van der Waals surface area contributed by atoms with Crippen LogP contribution in [0.3, 0.4) is 0 Å². The zero-order valence-electron chi connectivity index (χ0n) is 14.8. The number of anilines is 1. The first-order valence-corrected chi connectivity index (χ1v) is 9.66. The maximum atomic E-state index is 12.4. The third kappa shape index (κ3) is 5.04. The molecule has 140 valence electrons. The van der Waals surface area contributed by atoms with E-state index in [1.165, 1.54) is 0 Å². The SMILES string of the molecule is O=C(CCC(=O)c1ccc(Br)cc1)OCC(=O)N1CCCc2ccccc21. The molecular formula is C21H20BrNO4. The molecule has 2 aromatic rings. The van der Waals surface area contributed by atoms with Gasteiger partial charge in [-0.1, -0.05) is 46.3 Å². The average Bonchev–Trinajstić information content (AvgIpc) is 2.70. The van der Waals surface area contributed by atoms with Gasteiger partial charge in [-0.2, -0.15) is 0 Å². The molecule has 0 atom stereocenters. The van der Waals surface area contributed by atoms with Gasteiger partial charge in [-0.05, 0) is 36.6 Å². The number of amides is 1. The summed E-state index contributed by atoms with van der Waals surface area (Å²) in [5.74, 6) is -0.912. The van der Waals surface area contributed by atoms with Crippen LogP contribution in [0.2, 0.25) is 0 Å². The second-order valence-electron chi connectivity index (χ2n) is 6.37. The quantitative estimate of drug-likeness (QED) is 0.515. The molecule has 1 aliphatic rings. The molecule has 1 amide bonds. The van der Waals surface area contributed by atoms with E-state index in [2.05, 4.69) is 15.9 Å². The van der Waals surface area contributed by atoms with E-state index in [-0.39, 0.29) is 31.1 Å². The van der Waals surface area contributed by atoms with Crippen molar-refractivity contribution in [3.05, 3.63) is 64.1 Å². The van der Waals surface area contributed by atoms with E-state index in [1.807, 2.05) is 24.3 Å². The summed E-state index contributed by atoms with van der Waals surface area (Å²) in [7, 11) is 0. The van der Waals surface area contributed by atoms with Gasteiger partial charge in [0.25, 0.3) is 5.91 Å². The van der Waals surface area contributed by atoms with Crippen molar-refractivity contribution >= 4 is 39.3 Å². The van der Waals surface area contributed by atoms with Gasteiger partial charge in [-0.3, -0.25) is 14.4 Å². The summed E-state index contributed by atoms with van der Waals surface area (Å²) in [5.41, 5.74) is 2.56. The van der Waals surface area contributed by atoms with E-state index in [4.69, 9.17) is 4.74 Å². The number of ether oxygens (including phenoxy) is 1. The number of halogens is 1. The molecule has 27 heavy (non-hydrogen) atoms. The Morgan fingerprint density at radius 3 is 2.52 bits per heavy atom. The average molecular weight is 430 g/mol. The zero-order chi connectivity index (χ0) is 19.2. The number of hydrogen-bond donors (Lipinski definition) is 0. The third-order valence-electron chi connectivity index (χ3n) is 4.49. The standard InChI is InChI=1S/C21H20BrNO4/c22-17-9-7-16(8-10-17)19(24)11-12-21(26)27-14-20(25)23-13-3-5-15-4-1-2-6-18(15)23/h1-2,4,6-10H,3,5,11-14H2. The first-order valence-electron chi connectivity index (χ1n) is 8.87. The fourth-order valence-corrected chi connectivity index (χ4v) is 3.35. The minimum absolute atomic E-state index is 0.0429. The van der Waals surface area contributed by atoms with Crippen LogP contribution < -0.4 is 4.90 Å². The number of ketones is 1. The van der Waals surface area contributed by atoms with E-state index >= 15 is 0 Å². The summed E-state index contributed by atoms with van der Waals surface area (Å²) in [6.07, 6.45) is 1.84. The Balaban J connectivity index is 1.47. The Hall–Kier alpha value is -2.47. The van der Waals surface area contributed by atoms with Gasteiger partial charge in [-0.15, -0.1) is 0 Å². The van der Waals surface area contributed by atoms with Crippen molar-refractivity contribution in [2.24, 2.45) is 0 Å². The predicted molar refractivity (Wildman–Crippen MR) is 106 cm³/mol. The number of benzene rings is 2. The predicted octanol–water partition coefficient (Wildman–Crippen LogP) is 3.93. The van der Waals surface area contributed by atoms with Gasteiger partial charge < -0.3 is 9.64 Å². The molecule has 0 aliphatic carbocycles. The number of aryl methyl sites for hydroxylation is 1. The molecule has 6 heteroatoms. The topological polar surface area (TPSA) is 63.7 Å². The van der Waals surface area contributed by atoms with Crippen LogP contribution in [0, 0.1) is 0 Å². The van der Waals surface area contributed by atoms with Crippen molar-refractivity contribution in [2.75, 3.05) is 18.1 Å². The second kappa shape index (κ2) is 8.95. The maximum Gasteiger partial charge on any atom is 0.306 e. The van der Waals surface area contributed by atoms with Crippen LogP contribution in [0.5, 0.6) is 0 Å². The van der Waals surface area contributed by atoms with Crippen molar-refractivity contribution in [1.29, 1.82) is 0 Å². The highest BCUT2D eigenvalue weighted by atomic mass is 79.9. The number of nitrogens with zero attached hydrogens (tertiary/aromatic N) is 1. The lowest BCUT2D eigenvalue weighted by molar-refractivity contribution is -0.147. The van der Waals surface area contributed by atoms with E-state index in [1.54, 1.807) is 29.2 Å². The molecule has 0 spiro atoms. The molecule has 0 radical (unpaired) electrons. The lowest BCUT2D eigenvalue weighted by Crippen LogP contribution is -2.38. The highest BCUT2D eigenvalue weighted by molar-refractivity contribution is 9.10. The summed E-state index contributed by atoms with van der Waals surface area (Å²) in [6, 6.07) is 14.7. The van der Waals surface area contributed by atoms with E-state index in [0.717, 1.165) is 28.6 Å². The van der Waals surface area contributed by atoms with Crippen LogP contribution in [0.1, 0.15) is 35.2 Å². The molecule has 3 rings (SSSR count). The Morgan fingerprint density at radius 1 is 1.00 bits per heavy atom. The molecule has 0 unspecified atom stereocenters. The molecule has 0 N–H and O–H groups in total. The highest BCUT2D eigenvalue weighted by Gasteiger charge is 2.23. The first kappa shape index (κ1) is 19.3.